The Kier molecular flexibility index (Phi) is 4.97. The molecule has 0 radical (unpaired) electrons. The molecule has 2 aromatic carbocycles. The predicted molar refractivity (Wildman–Crippen MR) is 84.1 cm³/mol. The van der Waals surface area contributed by atoms with Crippen molar-refractivity contribution in [1.82, 2.24) is 5.32 Å². The van der Waals surface area contributed by atoms with Crippen LogP contribution in [0.3, 0.4) is 0 Å². The van der Waals surface area contributed by atoms with Crippen molar-refractivity contribution in [2.24, 2.45) is 0 Å². The molecule has 0 spiro atoms. The van der Waals surface area contributed by atoms with Gasteiger partial charge in [0.1, 0.15) is 12.4 Å². The van der Waals surface area contributed by atoms with E-state index in [0.717, 1.165) is 16.9 Å². The van der Waals surface area contributed by atoms with Gasteiger partial charge in [-0.2, -0.15) is 5.26 Å². The van der Waals surface area contributed by atoms with Crippen LogP contribution in [0.5, 0.6) is 5.75 Å². The number of benzene rings is 2. The van der Waals surface area contributed by atoms with E-state index in [9.17, 15) is 0 Å². The lowest BCUT2D eigenvalue weighted by Gasteiger charge is -2.14. The highest BCUT2D eigenvalue weighted by atomic mass is 16.5. The monoisotopic (exact) mass is 280 g/mol. The molecule has 21 heavy (non-hydrogen) atoms. The van der Waals surface area contributed by atoms with Crippen molar-refractivity contribution >= 4 is 0 Å². The van der Waals surface area contributed by atoms with Crippen LogP contribution in [0.1, 0.15) is 35.2 Å². The Morgan fingerprint density at radius 3 is 2.67 bits per heavy atom. The lowest BCUT2D eigenvalue weighted by Crippen LogP contribution is -2.12. The minimum Gasteiger partial charge on any atom is -0.489 e. The Labute approximate surface area is 126 Å². The molecule has 0 saturated carbocycles. The highest BCUT2D eigenvalue weighted by Gasteiger charge is 2.07. The van der Waals surface area contributed by atoms with E-state index in [1.54, 1.807) is 0 Å². The maximum atomic E-state index is 9.08. The van der Waals surface area contributed by atoms with Crippen LogP contribution < -0.4 is 10.1 Å². The Balaban J connectivity index is 2.12. The van der Waals surface area contributed by atoms with Crippen molar-refractivity contribution in [3.63, 3.8) is 0 Å². The molecule has 0 aliphatic heterocycles. The standard InChI is InChI=1S/C18H20N2O/c1-13-10-15(14(2)20-3)8-9-18(13)21-12-17-7-5-4-6-16(17)11-19/h4-10,14,20H,12H2,1-3H3. The maximum absolute atomic E-state index is 9.08. The third kappa shape index (κ3) is 3.62. The van der Waals surface area contributed by atoms with Crippen molar-refractivity contribution in [3.05, 3.63) is 64.7 Å². The first-order chi connectivity index (χ1) is 10.2. The Hall–Kier alpha value is -2.31. The number of ether oxygens (including phenoxy) is 1. The predicted octanol–water partition coefficient (Wildman–Crippen LogP) is 3.73. The molecule has 3 heteroatoms. The molecule has 0 bridgehead atoms. The SMILES string of the molecule is CNC(C)c1ccc(OCc2ccccc2C#N)c(C)c1. The van der Waals surface area contributed by atoms with Crippen LogP contribution in [-0.4, -0.2) is 7.05 Å². The minimum absolute atomic E-state index is 0.317. The molecule has 2 aromatic rings. The lowest BCUT2D eigenvalue weighted by atomic mass is 10.1. The topological polar surface area (TPSA) is 45.0 Å². The number of nitriles is 1. The third-order valence-corrected chi connectivity index (χ3v) is 3.65. The summed E-state index contributed by atoms with van der Waals surface area (Å²) in [6, 6.07) is 16.2. The van der Waals surface area contributed by atoms with Crippen molar-refractivity contribution < 1.29 is 4.74 Å². The Bertz CT molecular complexity index is 659. The van der Waals surface area contributed by atoms with Gasteiger partial charge in [-0.3, -0.25) is 0 Å². The molecule has 3 nitrogen and oxygen atoms in total. The molecule has 0 saturated heterocycles. The van der Waals surface area contributed by atoms with Gasteiger partial charge in [0, 0.05) is 11.6 Å². The van der Waals surface area contributed by atoms with E-state index in [-0.39, 0.29) is 0 Å². The smallest absolute Gasteiger partial charge is 0.122 e. The second kappa shape index (κ2) is 6.92. The zero-order valence-corrected chi connectivity index (χ0v) is 12.7. The highest BCUT2D eigenvalue weighted by Crippen LogP contribution is 2.23. The first kappa shape index (κ1) is 15.1. The number of aryl methyl sites for hydroxylation is 1. The van der Waals surface area contributed by atoms with Gasteiger partial charge in [0.25, 0.3) is 0 Å². The van der Waals surface area contributed by atoms with Gasteiger partial charge < -0.3 is 10.1 Å². The van der Waals surface area contributed by atoms with Crippen LogP contribution in [0.2, 0.25) is 0 Å². The van der Waals surface area contributed by atoms with Gasteiger partial charge in [-0.25, -0.2) is 0 Å². The second-order valence-electron chi connectivity index (χ2n) is 5.09. The molecule has 0 fully saturated rings. The fourth-order valence-electron chi connectivity index (χ4n) is 2.18. The minimum atomic E-state index is 0.317. The average Bonchev–Trinajstić information content (AvgIpc) is 2.53. The Morgan fingerprint density at radius 2 is 2.00 bits per heavy atom. The fourth-order valence-corrected chi connectivity index (χ4v) is 2.18. The number of hydrogen-bond donors (Lipinski definition) is 1. The van der Waals surface area contributed by atoms with Gasteiger partial charge in [-0.1, -0.05) is 30.3 Å². The van der Waals surface area contributed by atoms with E-state index in [0.29, 0.717) is 18.2 Å². The quantitative estimate of drug-likeness (QED) is 0.907. The summed E-state index contributed by atoms with van der Waals surface area (Å²) in [7, 11) is 1.95. The zero-order valence-electron chi connectivity index (χ0n) is 12.7. The summed E-state index contributed by atoms with van der Waals surface area (Å²) in [5.74, 6) is 0.856. The zero-order chi connectivity index (χ0) is 15.2. The van der Waals surface area contributed by atoms with Gasteiger partial charge in [0.05, 0.1) is 11.6 Å². The first-order valence-electron chi connectivity index (χ1n) is 7.04. The summed E-state index contributed by atoms with van der Waals surface area (Å²) in [5, 5.41) is 12.3. The van der Waals surface area contributed by atoms with Crippen LogP contribution in [0.25, 0.3) is 0 Å². The van der Waals surface area contributed by atoms with E-state index >= 15 is 0 Å². The van der Waals surface area contributed by atoms with E-state index in [1.807, 2.05) is 44.3 Å². The van der Waals surface area contributed by atoms with Crippen LogP contribution in [-0.2, 0) is 6.61 Å². The van der Waals surface area contributed by atoms with Crippen LogP contribution in [0, 0.1) is 18.3 Å². The van der Waals surface area contributed by atoms with Crippen LogP contribution >= 0.6 is 0 Å². The van der Waals surface area contributed by atoms with Gasteiger partial charge in [-0.15, -0.1) is 0 Å². The highest BCUT2D eigenvalue weighted by molar-refractivity contribution is 5.39. The normalized spacial score (nSPS) is 11.7. The van der Waals surface area contributed by atoms with Crippen molar-refractivity contribution in [2.45, 2.75) is 26.5 Å². The summed E-state index contributed by atoms with van der Waals surface area (Å²) in [6.07, 6.45) is 0. The first-order valence-corrected chi connectivity index (χ1v) is 7.04. The number of nitrogens with one attached hydrogen (secondary N) is 1. The molecular formula is C18H20N2O. The number of nitrogens with zero attached hydrogens (tertiary/aromatic N) is 1. The third-order valence-electron chi connectivity index (χ3n) is 3.65. The molecule has 1 atom stereocenters. The van der Waals surface area contributed by atoms with Crippen LogP contribution in [0.4, 0.5) is 0 Å². The molecule has 0 amide bonds. The van der Waals surface area contributed by atoms with Gasteiger partial charge in [0.2, 0.25) is 0 Å². The van der Waals surface area contributed by atoms with Crippen LogP contribution in [0.15, 0.2) is 42.5 Å². The summed E-state index contributed by atoms with van der Waals surface area (Å²) in [5.41, 5.74) is 3.91. The summed E-state index contributed by atoms with van der Waals surface area (Å²) < 4.78 is 5.86. The number of rotatable bonds is 5. The molecular weight excluding hydrogens is 260 g/mol. The molecule has 108 valence electrons. The molecule has 0 aliphatic carbocycles. The van der Waals surface area contributed by atoms with E-state index in [1.165, 1.54) is 5.56 Å². The molecule has 0 aliphatic rings. The molecule has 1 unspecified atom stereocenters. The largest absolute Gasteiger partial charge is 0.489 e. The molecule has 2 rings (SSSR count). The van der Waals surface area contributed by atoms with Crippen molar-refractivity contribution in [1.29, 1.82) is 5.26 Å². The fraction of sp³-hybridized carbons (Fsp3) is 0.278. The summed E-state index contributed by atoms with van der Waals surface area (Å²) >= 11 is 0. The van der Waals surface area contributed by atoms with Gasteiger partial charge in [-0.05, 0) is 44.2 Å². The van der Waals surface area contributed by atoms with Crippen molar-refractivity contribution in [3.8, 4) is 11.8 Å². The van der Waals surface area contributed by atoms with E-state index < -0.39 is 0 Å². The Morgan fingerprint density at radius 1 is 1.24 bits per heavy atom. The van der Waals surface area contributed by atoms with E-state index in [2.05, 4.69) is 30.4 Å². The summed E-state index contributed by atoms with van der Waals surface area (Å²) in [6.45, 7) is 4.57. The number of hydrogen-bond acceptors (Lipinski definition) is 3. The molecule has 1 N–H and O–H groups in total. The van der Waals surface area contributed by atoms with Gasteiger partial charge >= 0.3 is 0 Å². The molecule has 0 heterocycles. The second-order valence-corrected chi connectivity index (χ2v) is 5.09. The molecule has 0 aromatic heterocycles. The maximum Gasteiger partial charge on any atom is 0.122 e. The average molecular weight is 280 g/mol. The lowest BCUT2D eigenvalue weighted by molar-refractivity contribution is 0.303. The van der Waals surface area contributed by atoms with Gasteiger partial charge in [0.15, 0.2) is 0 Å². The summed E-state index contributed by atoms with van der Waals surface area (Å²) in [4.78, 5) is 0. The van der Waals surface area contributed by atoms with E-state index in [4.69, 9.17) is 10.00 Å². The van der Waals surface area contributed by atoms with Crippen molar-refractivity contribution in [2.75, 3.05) is 7.05 Å².